The monoisotopic (exact) mass is 378 g/mol. The number of nitrogens with zero attached hydrogens (tertiary/aromatic N) is 4. The predicted molar refractivity (Wildman–Crippen MR) is 110 cm³/mol. The molecular weight excluding hydrogens is 364 g/mol. The van der Waals surface area contributed by atoms with Crippen molar-refractivity contribution in [2.24, 2.45) is 0 Å². The molecule has 7 heteroatoms. The third-order valence-electron chi connectivity index (χ3n) is 5.04. The summed E-state index contributed by atoms with van der Waals surface area (Å²) in [7, 11) is 0. The summed E-state index contributed by atoms with van der Waals surface area (Å²) in [6, 6.07) is 12.1. The second-order valence-corrected chi connectivity index (χ2v) is 6.74. The van der Waals surface area contributed by atoms with Crippen LogP contribution in [0.5, 0.6) is 0 Å². The largest absolute Gasteiger partial charge is 0.472 e. The van der Waals surface area contributed by atoms with Gasteiger partial charge < -0.3 is 9.40 Å². The van der Waals surface area contributed by atoms with Crippen LogP contribution >= 0.6 is 0 Å². The zero-order valence-electron chi connectivity index (χ0n) is 15.1. The van der Waals surface area contributed by atoms with Crippen molar-refractivity contribution in [1.82, 2.24) is 30.1 Å². The average Bonchev–Trinajstić information content (AvgIpc) is 3.52. The Kier molecular flexibility index (Phi) is 3.33. The first kappa shape index (κ1) is 15.8. The molecule has 0 atom stereocenters. The van der Waals surface area contributed by atoms with Gasteiger partial charge in [0.25, 0.3) is 0 Å². The van der Waals surface area contributed by atoms with Crippen LogP contribution in [-0.2, 0) is 0 Å². The van der Waals surface area contributed by atoms with E-state index in [9.17, 15) is 0 Å². The van der Waals surface area contributed by atoms with Crippen LogP contribution in [0.15, 0.2) is 78.1 Å². The van der Waals surface area contributed by atoms with Crippen LogP contribution in [-0.4, -0.2) is 30.1 Å². The summed E-state index contributed by atoms with van der Waals surface area (Å²) in [4.78, 5) is 16.4. The molecule has 0 spiro atoms. The third kappa shape index (κ3) is 2.52. The first-order valence-electron chi connectivity index (χ1n) is 9.12. The molecule has 5 aromatic heterocycles. The molecule has 138 valence electrons. The van der Waals surface area contributed by atoms with Crippen molar-refractivity contribution in [3.05, 3.63) is 73.7 Å². The van der Waals surface area contributed by atoms with Gasteiger partial charge >= 0.3 is 0 Å². The topological polar surface area (TPSA) is 96.3 Å². The first-order valence-corrected chi connectivity index (χ1v) is 9.12. The summed E-state index contributed by atoms with van der Waals surface area (Å²) >= 11 is 0. The Morgan fingerprint density at radius 1 is 0.862 bits per heavy atom. The molecule has 0 aliphatic rings. The van der Waals surface area contributed by atoms with Crippen LogP contribution < -0.4 is 0 Å². The molecule has 0 radical (unpaired) electrons. The number of hydrogen-bond acceptors (Lipinski definition) is 5. The molecule has 0 unspecified atom stereocenters. The molecule has 2 N–H and O–H groups in total. The molecular formula is C22H14N6O. The second-order valence-electron chi connectivity index (χ2n) is 6.74. The molecule has 0 saturated carbocycles. The number of aromatic nitrogens is 6. The lowest BCUT2D eigenvalue weighted by Crippen LogP contribution is -1.84. The van der Waals surface area contributed by atoms with Crippen molar-refractivity contribution in [2.45, 2.75) is 0 Å². The van der Waals surface area contributed by atoms with E-state index in [0.717, 1.165) is 55.7 Å². The molecule has 0 fully saturated rings. The minimum Gasteiger partial charge on any atom is -0.472 e. The number of nitrogens with one attached hydrogen (secondary N) is 2. The number of rotatable bonds is 3. The Labute approximate surface area is 164 Å². The van der Waals surface area contributed by atoms with E-state index >= 15 is 0 Å². The van der Waals surface area contributed by atoms with E-state index < -0.39 is 0 Å². The molecule has 5 heterocycles. The predicted octanol–water partition coefficient (Wildman–Crippen LogP) is 4.82. The average molecular weight is 378 g/mol. The van der Waals surface area contributed by atoms with Crippen molar-refractivity contribution >= 4 is 21.9 Å². The fourth-order valence-electron chi connectivity index (χ4n) is 3.65. The van der Waals surface area contributed by atoms with Gasteiger partial charge in [-0.3, -0.25) is 15.1 Å². The van der Waals surface area contributed by atoms with Gasteiger partial charge in [-0.1, -0.05) is 6.07 Å². The van der Waals surface area contributed by atoms with Crippen LogP contribution in [0.1, 0.15) is 0 Å². The molecule has 0 bridgehead atoms. The summed E-state index contributed by atoms with van der Waals surface area (Å²) in [5, 5.41) is 9.68. The van der Waals surface area contributed by atoms with Gasteiger partial charge in [-0.05, 0) is 35.9 Å². The van der Waals surface area contributed by atoms with Crippen molar-refractivity contribution < 1.29 is 4.42 Å². The Morgan fingerprint density at radius 3 is 2.72 bits per heavy atom. The highest BCUT2D eigenvalue weighted by Crippen LogP contribution is 2.34. The third-order valence-corrected chi connectivity index (χ3v) is 5.04. The standard InChI is InChI=1S/C22H14N6O/c1-2-18-17(9-13(1)20-11-23-6-7-24-20)21(28-27-18)19-10-16-15(14-4-8-29-12-14)3-5-25-22(16)26-19/h1-12H,(H,25,26)(H,27,28). The van der Waals surface area contributed by atoms with Crippen molar-refractivity contribution in [3.8, 4) is 33.8 Å². The Hall–Kier alpha value is -4.26. The van der Waals surface area contributed by atoms with Gasteiger partial charge in [-0.2, -0.15) is 5.10 Å². The van der Waals surface area contributed by atoms with Crippen molar-refractivity contribution in [1.29, 1.82) is 0 Å². The molecule has 6 rings (SSSR count). The summed E-state index contributed by atoms with van der Waals surface area (Å²) in [5.74, 6) is 0. The van der Waals surface area contributed by atoms with Crippen molar-refractivity contribution in [3.63, 3.8) is 0 Å². The molecule has 0 aliphatic heterocycles. The molecule has 0 amide bonds. The lowest BCUT2D eigenvalue weighted by atomic mass is 10.1. The molecule has 0 aliphatic carbocycles. The van der Waals surface area contributed by atoms with Gasteiger partial charge in [0.1, 0.15) is 11.3 Å². The van der Waals surface area contributed by atoms with E-state index in [2.05, 4.69) is 42.3 Å². The lowest BCUT2D eigenvalue weighted by molar-refractivity contribution is 0.568. The number of aromatic amines is 2. The summed E-state index contributed by atoms with van der Waals surface area (Å²) in [5.41, 5.74) is 7.37. The van der Waals surface area contributed by atoms with Gasteiger partial charge in [0, 0.05) is 40.5 Å². The van der Waals surface area contributed by atoms with Crippen LogP contribution in [0, 0.1) is 0 Å². The lowest BCUT2D eigenvalue weighted by Gasteiger charge is -2.00. The normalized spacial score (nSPS) is 11.4. The van der Waals surface area contributed by atoms with Crippen LogP contribution in [0.3, 0.4) is 0 Å². The van der Waals surface area contributed by atoms with Gasteiger partial charge in [0.05, 0.1) is 35.6 Å². The van der Waals surface area contributed by atoms with E-state index in [1.54, 1.807) is 37.3 Å². The van der Waals surface area contributed by atoms with Crippen molar-refractivity contribution in [2.75, 3.05) is 0 Å². The quantitative estimate of drug-likeness (QED) is 0.460. The fourth-order valence-corrected chi connectivity index (χ4v) is 3.65. The van der Waals surface area contributed by atoms with E-state index in [1.165, 1.54) is 0 Å². The number of furan rings is 1. The summed E-state index contributed by atoms with van der Waals surface area (Å²) in [6.45, 7) is 0. The molecule has 1 aromatic carbocycles. The summed E-state index contributed by atoms with van der Waals surface area (Å²) < 4.78 is 5.25. The van der Waals surface area contributed by atoms with Crippen LogP contribution in [0.4, 0.5) is 0 Å². The molecule has 29 heavy (non-hydrogen) atoms. The Morgan fingerprint density at radius 2 is 1.86 bits per heavy atom. The SMILES string of the molecule is c1cnc(-c2ccc3[nH]nc(-c4cc5c(-c6ccoc6)ccnc5[nH]4)c3c2)cn1. The fraction of sp³-hybridized carbons (Fsp3) is 0. The zero-order valence-corrected chi connectivity index (χ0v) is 15.1. The highest BCUT2D eigenvalue weighted by molar-refractivity contribution is 6.00. The number of pyridine rings is 1. The molecule has 0 saturated heterocycles. The van der Waals surface area contributed by atoms with Gasteiger partial charge in [-0.25, -0.2) is 4.98 Å². The smallest absolute Gasteiger partial charge is 0.138 e. The second kappa shape index (κ2) is 6.13. The van der Waals surface area contributed by atoms with Gasteiger partial charge in [-0.15, -0.1) is 0 Å². The summed E-state index contributed by atoms with van der Waals surface area (Å²) in [6.07, 6.45) is 10.3. The van der Waals surface area contributed by atoms with E-state index in [1.807, 2.05) is 24.3 Å². The number of fused-ring (bicyclic) bond motifs is 2. The first-order chi connectivity index (χ1) is 14.4. The maximum atomic E-state index is 5.25. The van der Waals surface area contributed by atoms with Gasteiger partial charge in [0.2, 0.25) is 0 Å². The minimum absolute atomic E-state index is 0.805. The van der Waals surface area contributed by atoms with Crippen LogP contribution in [0.2, 0.25) is 0 Å². The highest BCUT2D eigenvalue weighted by atomic mass is 16.3. The van der Waals surface area contributed by atoms with Crippen LogP contribution in [0.25, 0.3) is 55.7 Å². The highest BCUT2D eigenvalue weighted by Gasteiger charge is 2.15. The molecule has 6 aromatic rings. The Balaban J connectivity index is 1.53. The van der Waals surface area contributed by atoms with Gasteiger partial charge in [0.15, 0.2) is 0 Å². The van der Waals surface area contributed by atoms with E-state index in [-0.39, 0.29) is 0 Å². The maximum absolute atomic E-state index is 5.25. The maximum Gasteiger partial charge on any atom is 0.138 e. The number of H-pyrrole nitrogens is 2. The Bertz CT molecular complexity index is 1450. The number of benzene rings is 1. The van der Waals surface area contributed by atoms with E-state index in [0.29, 0.717) is 0 Å². The number of hydrogen-bond donors (Lipinski definition) is 2. The zero-order chi connectivity index (χ0) is 19.2. The minimum atomic E-state index is 0.805. The van der Waals surface area contributed by atoms with E-state index in [4.69, 9.17) is 4.42 Å². The molecule has 7 nitrogen and oxygen atoms in total.